The Morgan fingerprint density at radius 2 is 2.10 bits per heavy atom. The molecular formula is C14H15BrFN3O2. The molecule has 0 bridgehead atoms. The zero-order valence-electron chi connectivity index (χ0n) is 11.3. The standard InChI is InChI=1S/C14H15BrFN3O2/c1-8-4-13(17-6-10(21)7-20)19-14(18-8)9-2-3-11(15)12(16)5-9/h2-5,10,20-21H,6-7H2,1H3,(H,17,18,19)/t10-/m0/s1. The number of halogens is 2. The number of hydrogen-bond acceptors (Lipinski definition) is 5. The average Bonchev–Trinajstić information content (AvgIpc) is 2.47. The molecule has 0 aliphatic heterocycles. The van der Waals surface area contributed by atoms with E-state index in [1.807, 2.05) is 0 Å². The molecule has 3 N–H and O–H groups in total. The van der Waals surface area contributed by atoms with Crippen LogP contribution in [0.5, 0.6) is 0 Å². The van der Waals surface area contributed by atoms with Gasteiger partial charge in [-0.05, 0) is 41.1 Å². The van der Waals surface area contributed by atoms with Crippen molar-refractivity contribution in [2.24, 2.45) is 0 Å². The molecule has 5 nitrogen and oxygen atoms in total. The van der Waals surface area contributed by atoms with E-state index in [1.54, 1.807) is 25.1 Å². The molecule has 0 fully saturated rings. The number of hydrogen-bond donors (Lipinski definition) is 3. The van der Waals surface area contributed by atoms with Gasteiger partial charge in [0, 0.05) is 23.9 Å². The van der Waals surface area contributed by atoms with E-state index in [-0.39, 0.29) is 19.0 Å². The van der Waals surface area contributed by atoms with Gasteiger partial charge in [-0.3, -0.25) is 0 Å². The molecule has 0 aliphatic carbocycles. The van der Waals surface area contributed by atoms with Crippen molar-refractivity contribution in [1.29, 1.82) is 0 Å². The Balaban J connectivity index is 2.27. The molecule has 1 aromatic carbocycles. The van der Waals surface area contributed by atoms with E-state index in [1.165, 1.54) is 6.07 Å². The molecular weight excluding hydrogens is 341 g/mol. The van der Waals surface area contributed by atoms with Gasteiger partial charge < -0.3 is 15.5 Å². The molecule has 112 valence electrons. The summed E-state index contributed by atoms with van der Waals surface area (Å²) in [5, 5.41) is 21.0. The van der Waals surface area contributed by atoms with Gasteiger partial charge in [-0.15, -0.1) is 0 Å². The largest absolute Gasteiger partial charge is 0.394 e. The van der Waals surface area contributed by atoms with Crippen molar-refractivity contribution in [3.8, 4) is 11.4 Å². The zero-order chi connectivity index (χ0) is 15.4. The fourth-order valence-corrected chi connectivity index (χ4v) is 1.96. The first-order chi connectivity index (χ1) is 9.99. The van der Waals surface area contributed by atoms with E-state index in [2.05, 4.69) is 31.2 Å². The first kappa shape index (κ1) is 15.8. The minimum Gasteiger partial charge on any atom is -0.394 e. The van der Waals surface area contributed by atoms with Gasteiger partial charge in [0.05, 0.1) is 17.2 Å². The summed E-state index contributed by atoms with van der Waals surface area (Å²) in [5.41, 5.74) is 1.27. The first-order valence-electron chi connectivity index (χ1n) is 6.33. The van der Waals surface area contributed by atoms with Gasteiger partial charge in [-0.1, -0.05) is 0 Å². The predicted octanol–water partition coefficient (Wildman–Crippen LogP) is 2.12. The summed E-state index contributed by atoms with van der Waals surface area (Å²) < 4.78 is 14.0. The molecule has 1 atom stereocenters. The molecule has 0 unspecified atom stereocenters. The maximum atomic E-state index is 13.6. The smallest absolute Gasteiger partial charge is 0.161 e. The fraction of sp³-hybridized carbons (Fsp3) is 0.286. The summed E-state index contributed by atoms with van der Waals surface area (Å²) in [4.78, 5) is 8.56. The lowest BCUT2D eigenvalue weighted by Gasteiger charge is -2.11. The van der Waals surface area contributed by atoms with E-state index >= 15 is 0 Å². The summed E-state index contributed by atoms with van der Waals surface area (Å²) in [6.07, 6.45) is -0.867. The summed E-state index contributed by atoms with van der Waals surface area (Å²) in [7, 11) is 0. The summed E-state index contributed by atoms with van der Waals surface area (Å²) in [6.45, 7) is 1.64. The van der Waals surface area contributed by atoms with Crippen LogP contribution in [-0.2, 0) is 0 Å². The molecule has 1 aromatic heterocycles. The van der Waals surface area contributed by atoms with Gasteiger partial charge in [-0.2, -0.15) is 0 Å². The van der Waals surface area contributed by atoms with Gasteiger partial charge in [-0.25, -0.2) is 14.4 Å². The Kier molecular flexibility index (Phi) is 5.22. The summed E-state index contributed by atoms with van der Waals surface area (Å²) in [6, 6.07) is 6.38. The molecule has 0 amide bonds. The number of nitrogens with zero attached hydrogens (tertiary/aromatic N) is 2. The third-order valence-corrected chi connectivity index (χ3v) is 3.40. The van der Waals surface area contributed by atoms with Crippen LogP contribution in [0.2, 0.25) is 0 Å². The second kappa shape index (κ2) is 6.93. The number of rotatable bonds is 5. The lowest BCUT2D eigenvalue weighted by atomic mass is 10.2. The van der Waals surface area contributed by atoms with Crippen LogP contribution in [-0.4, -0.2) is 39.4 Å². The van der Waals surface area contributed by atoms with E-state index in [0.29, 0.717) is 27.4 Å². The van der Waals surface area contributed by atoms with Crippen molar-refractivity contribution < 1.29 is 14.6 Å². The topological polar surface area (TPSA) is 78.3 Å². The monoisotopic (exact) mass is 355 g/mol. The summed E-state index contributed by atoms with van der Waals surface area (Å²) in [5.74, 6) is 0.513. The van der Waals surface area contributed by atoms with Crippen LogP contribution >= 0.6 is 15.9 Å². The lowest BCUT2D eigenvalue weighted by molar-refractivity contribution is 0.105. The van der Waals surface area contributed by atoms with Crippen molar-refractivity contribution in [3.63, 3.8) is 0 Å². The van der Waals surface area contributed by atoms with Gasteiger partial charge >= 0.3 is 0 Å². The highest BCUT2D eigenvalue weighted by Gasteiger charge is 2.09. The van der Waals surface area contributed by atoms with Gasteiger partial charge in [0.25, 0.3) is 0 Å². The zero-order valence-corrected chi connectivity index (χ0v) is 12.9. The SMILES string of the molecule is Cc1cc(NC[C@H](O)CO)nc(-c2ccc(Br)c(F)c2)n1. The molecule has 2 rings (SSSR count). The quantitative estimate of drug-likeness (QED) is 0.765. The van der Waals surface area contributed by atoms with Crippen molar-refractivity contribution in [2.75, 3.05) is 18.5 Å². The first-order valence-corrected chi connectivity index (χ1v) is 7.13. The molecule has 0 saturated carbocycles. The Morgan fingerprint density at radius 1 is 1.33 bits per heavy atom. The van der Waals surface area contributed by atoms with Crippen LogP contribution in [0.25, 0.3) is 11.4 Å². The number of aromatic nitrogens is 2. The van der Waals surface area contributed by atoms with Crippen LogP contribution in [0.1, 0.15) is 5.69 Å². The lowest BCUT2D eigenvalue weighted by Crippen LogP contribution is -2.23. The molecule has 0 aliphatic rings. The Morgan fingerprint density at radius 3 is 2.76 bits per heavy atom. The molecule has 21 heavy (non-hydrogen) atoms. The van der Waals surface area contributed by atoms with Crippen molar-refractivity contribution in [3.05, 3.63) is 40.2 Å². The van der Waals surface area contributed by atoms with Crippen molar-refractivity contribution >= 4 is 21.7 Å². The van der Waals surface area contributed by atoms with E-state index < -0.39 is 6.10 Å². The fourth-order valence-electron chi connectivity index (χ4n) is 1.71. The molecule has 7 heteroatoms. The second-order valence-corrected chi connectivity index (χ2v) is 5.42. The number of aliphatic hydroxyl groups excluding tert-OH is 2. The number of aryl methyl sites for hydroxylation is 1. The number of aliphatic hydroxyl groups is 2. The summed E-state index contributed by atoms with van der Waals surface area (Å²) >= 11 is 3.10. The number of anilines is 1. The Bertz CT molecular complexity index is 640. The van der Waals surface area contributed by atoms with Gasteiger partial charge in [0.1, 0.15) is 11.6 Å². The van der Waals surface area contributed by atoms with Gasteiger partial charge in [0.15, 0.2) is 5.82 Å². The van der Waals surface area contributed by atoms with Crippen LogP contribution in [0.4, 0.5) is 10.2 Å². The Labute approximate surface area is 130 Å². The maximum Gasteiger partial charge on any atom is 0.161 e. The predicted molar refractivity (Wildman–Crippen MR) is 81.4 cm³/mol. The van der Waals surface area contributed by atoms with Gasteiger partial charge in [0.2, 0.25) is 0 Å². The number of nitrogens with one attached hydrogen (secondary N) is 1. The molecule has 0 spiro atoms. The maximum absolute atomic E-state index is 13.6. The highest BCUT2D eigenvalue weighted by atomic mass is 79.9. The van der Waals surface area contributed by atoms with Crippen LogP contribution in [0, 0.1) is 12.7 Å². The van der Waals surface area contributed by atoms with Crippen molar-refractivity contribution in [2.45, 2.75) is 13.0 Å². The highest BCUT2D eigenvalue weighted by Crippen LogP contribution is 2.23. The average molecular weight is 356 g/mol. The highest BCUT2D eigenvalue weighted by molar-refractivity contribution is 9.10. The minimum absolute atomic E-state index is 0.168. The third-order valence-electron chi connectivity index (χ3n) is 2.76. The molecule has 0 radical (unpaired) electrons. The van der Waals surface area contributed by atoms with E-state index in [4.69, 9.17) is 5.11 Å². The van der Waals surface area contributed by atoms with E-state index in [9.17, 15) is 9.50 Å². The Hall–Kier alpha value is -1.57. The molecule has 1 heterocycles. The van der Waals surface area contributed by atoms with Crippen molar-refractivity contribution in [1.82, 2.24) is 9.97 Å². The molecule has 2 aromatic rings. The minimum atomic E-state index is -0.867. The van der Waals surface area contributed by atoms with Crippen LogP contribution < -0.4 is 5.32 Å². The third kappa shape index (κ3) is 4.20. The molecule has 0 saturated heterocycles. The van der Waals surface area contributed by atoms with E-state index in [0.717, 1.165) is 0 Å². The normalized spacial score (nSPS) is 12.2. The number of benzene rings is 1. The van der Waals surface area contributed by atoms with Crippen LogP contribution in [0.15, 0.2) is 28.7 Å². The van der Waals surface area contributed by atoms with Crippen LogP contribution in [0.3, 0.4) is 0 Å². The second-order valence-electron chi connectivity index (χ2n) is 4.56.